The van der Waals surface area contributed by atoms with E-state index in [1.165, 1.54) is 18.3 Å². The highest BCUT2D eigenvalue weighted by Gasteiger charge is 2.13. The molecule has 1 N–H and O–H groups in total. The first kappa shape index (κ1) is 21.7. The van der Waals surface area contributed by atoms with Crippen molar-refractivity contribution in [2.75, 3.05) is 11.6 Å². The molecule has 0 saturated heterocycles. The summed E-state index contributed by atoms with van der Waals surface area (Å²) in [6, 6.07) is 25.9. The maximum absolute atomic E-state index is 12.7. The summed E-state index contributed by atoms with van der Waals surface area (Å²) in [7, 11) is -3.40. The molecule has 4 aromatic rings. The Labute approximate surface area is 191 Å². The Bertz CT molecular complexity index is 1370. The van der Waals surface area contributed by atoms with Crippen LogP contribution in [0.15, 0.2) is 96.2 Å². The van der Waals surface area contributed by atoms with Crippen LogP contribution in [0.5, 0.6) is 0 Å². The second kappa shape index (κ2) is 8.94. The Morgan fingerprint density at radius 2 is 1.50 bits per heavy atom. The zero-order valence-electron chi connectivity index (χ0n) is 17.1. The number of hydrogen-bond donors (Lipinski definition) is 1. The molecular weight excluding hydrogens is 444 g/mol. The molecule has 3 aromatic carbocycles. The summed E-state index contributed by atoms with van der Waals surface area (Å²) < 4.78 is 23.1. The maximum atomic E-state index is 12.7. The van der Waals surface area contributed by atoms with Crippen molar-refractivity contribution in [2.24, 2.45) is 0 Å². The van der Waals surface area contributed by atoms with Gasteiger partial charge < -0.3 is 5.32 Å². The number of anilines is 1. The normalized spacial score (nSPS) is 11.2. The van der Waals surface area contributed by atoms with Gasteiger partial charge in [-0.25, -0.2) is 13.4 Å². The minimum atomic E-state index is -3.40. The van der Waals surface area contributed by atoms with Crippen LogP contribution in [0.1, 0.15) is 10.4 Å². The van der Waals surface area contributed by atoms with E-state index in [9.17, 15) is 13.2 Å². The minimum Gasteiger partial charge on any atom is -0.321 e. The van der Waals surface area contributed by atoms with Gasteiger partial charge in [-0.05, 0) is 47.0 Å². The Morgan fingerprint density at radius 3 is 2.12 bits per heavy atom. The third-order valence-corrected chi connectivity index (χ3v) is 6.24. The first-order valence-electron chi connectivity index (χ1n) is 9.74. The second-order valence-electron chi connectivity index (χ2n) is 7.25. The maximum Gasteiger partial charge on any atom is 0.255 e. The lowest BCUT2D eigenvalue weighted by molar-refractivity contribution is 0.102. The van der Waals surface area contributed by atoms with E-state index in [0.29, 0.717) is 16.3 Å². The van der Waals surface area contributed by atoms with Crippen molar-refractivity contribution in [1.82, 2.24) is 4.98 Å². The molecule has 0 atom stereocenters. The van der Waals surface area contributed by atoms with Crippen molar-refractivity contribution in [3.63, 3.8) is 0 Å². The lowest BCUT2D eigenvalue weighted by Gasteiger charge is -2.10. The number of carbonyl (C=O) groups is 1. The Morgan fingerprint density at radius 1 is 0.844 bits per heavy atom. The number of nitrogens with zero attached hydrogens (tertiary/aromatic N) is 1. The van der Waals surface area contributed by atoms with Crippen LogP contribution in [0, 0.1) is 0 Å². The number of nitrogens with one attached hydrogen (secondary N) is 1. The monoisotopic (exact) mass is 462 g/mol. The number of halogens is 1. The molecule has 0 bridgehead atoms. The van der Waals surface area contributed by atoms with E-state index in [1.54, 1.807) is 18.2 Å². The van der Waals surface area contributed by atoms with Gasteiger partial charge in [-0.15, -0.1) is 0 Å². The average Bonchev–Trinajstić information content (AvgIpc) is 2.80. The van der Waals surface area contributed by atoms with E-state index in [4.69, 9.17) is 11.6 Å². The predicted molar refractivity (Wildman–Crippen MR) is 128 cm³/mol. The number of rotatable bonds is 5. The molecule has 4 rings (SSSR count). The molecule has 0 fully saturated rings. The van der Waals surface area contributed by atoms with Gasteiger partial charge >= 0.3 is 0 Å². The zero-order valence-corrected chi connectivity index (χ0v) is 18.7. The lowest BCUT2D eigenvalue weighted by Crippen LogP contribution is -2.12. The topological polar surface area (TPSA) is 76.1 Å². The summed E-state index contributed by atoms with van der Waals surface area (Å²) in [6.07, 6.45) is 2.39. The van der Waals surface area contributed by atoms with Crippen LogP contribution >= 0.6 is 11.6 Å². The number of hydrogen-bond acceptors (Lipinski definition) is 4. The molecular formula is C25H19ClN2O3S. The summed E-state index contributed by atoms with van der Waals surface area (Å²) in [6.45, 7) is 0. The predicted octanol–water partition coefficient (Wildman–Crippen LogP) is 5.72. The summed E-state index contributed by atoms with van der Waals surface area (Å²) in [5.41, 5.74) is 4.65. The number of carbonyl (C=O) groups excluding carboxylic acids is 1. The van der Waals surface area contributed by atoms with E-state index in [2.05, 4.69) is 10.3 Å². The van der Waals surface area contributed by atoms with E-state index < -0.39 is 9.84 Å². The van der Waals surface area contributed by atoms with E-state index in [-0.39, 0.29) is 10.9 Å². The van der Waals surface area contributed by atoms with E-state index >= 15 is 0 Å². The summed E-state index contributed by atoms with van der Waals surface area (Å²) in [4.78, 5) is 16.6. The van der Waals surface area contributed by atoms with Crippen LogP contribution in [-0.4, -0.2) is 25.6 Å². The van der Waals surface area contributed by atoms with Gasteiger partial charge in [0.2, 0.25) is 0 Å². The van der Waals surface area contributed by atoms with Crippen LogP contribution in [0.25, 0.3) is 22.3 Å². The van der Waals surface area contributed by atoms with Gasteiger partial charge in [0.1, 0.15) is 0 Å². The molecule has 0 aliphatic rings. The highest BCUT2D eigenvalue weighted by Crippen LogP contribution is 2.31. The van der Waals surface area contributed by atoms with Gasteiger partial charge in [-0.1, -0.05) is 66.2 Å². The number of amides is 1. The molecule has 0 aliphatic heterocycles. The van der Waals surface area contributed by atoms with Crippen LogP contribution in [-0.2, 0) is 9.84 Å². The lowest BCUT2D eigenvalue weighted by atomic mass is 9.99. The van der Waals surface area contributed by atoms with Crippen molar-refractivity contribution < 1.29 is 13.2 Å². The van der Waals surface area contributed by atoms with Crippen LogP contribution in [0.4, 0.5) is 5.69 Å². The second-order valence-corrected chi connectivity index (χ2v) is 9.62. The third kappa shape index (κ3) is 4.88. The first-order valence-corrected chi connectivity index (χ1v) is 12.0. The Kier molecular flexibility index (Phi) is 6.08. The highest BCUT2D eigenvalue weighted by atomic mass is 35.5. The molecule has 0 saturated carbocycles. The fraction of sp³-hybridized carbons (Fsp3) is 0.0400. The fourth-order valence-electron chi connectivity index (χ4n) is 3.24. The highest BCUT2D eigenvalue weighted by molar-refractivity contribution is 7.90. The first-order chi connectivity index (χ1) is 15.3. The van der Waals surface area contributed by atoms with Gasteiger partial charge in [-0.2, -0.15) is 0 Å². The van der Waals surface area contributed by atoms with Crippen LogP contribution in [0.2, 0.25) is 5.02 Å². The van der Waals surface area contributed by atoms with Crippen molar-refractivity contribution in [2.45, 2.75) is 5.03 Å². The molecule has 0 spiro atoms. The van der Waals surface area contributed by atoms with Gasteiger partial charge in [0.15, 0.2) is 14.9 Å². The Balaban J connectivity index is 1.56. The average molecular weight is 463 g/mol. The van der Waals surface area contributed by atoms with Gasteiger partial charge in [0.05, 0.1) is 11.9 Å². The number of pyridine rings is 1. The third-order valence-electron chi connectivity index (χ3n) is 4.91. The number of benzene rings is 3. The summed E-state index contributed by atoms with van der Waals surface area (Å²) in [5.74, 6) is -0.349. The van der Waals surface area contributed by atoms with E-state index in [1.807, 2.05) is 54.6 Å². The van der Waals surface area contributed by atoms with Gasteiger partial charge in [0.25, 0.3) is 5.91 Å². The molecule has 32 heavy (non-hydrogen) atoms. The summed E-state index contributed by atoms with van der Waals surface area (Å²) >= 11 is 6.41. The standard InChI is InChI=1S/C25H19ClN2O3S/c1-32(30,31)24-14-12-21(16-27-24)28-25(29)20-11-13-23(26)22(15-20)19-9-7-18(8-10-19)17-5-3-2-4-6-17/h2-16H,1H3,(H,28,29). The molecule has 1 heterocycles. The summed E-state index contributed by atoms with van der Waals surface area (Å²) in [5, 5.41) is 3.21. The smallest absolute Gasteiger partial charge is 0.255 e. The van der Waals surface area contributed by atoms with E-state index in [0.717, 1.165) is 28.5 Å². The van der Waals surface area contributed by atoms with Gasteiger partial charge in [0, 0.05) is 22.4 Å². The zero-order chi connectivity index (χ0) is 22.7. The molecule has 0 aliphatic carbocycles. The largest absolute Gasteiger partial charge is 0.321 e. The number of sulfone groups is 1. The molecule has 1 aromatic heterocycles. The Hall–Kier alpha value is -3.48. The van der Waals surface area contributed by atoms with Crippen molar-refractivity contribution in [3.8, 4) is 22.3 Å². The van der Waals surface area contributed by atoms with Crippen LogP contribution < -0.4 is 5.32 Å². The van der Waals surface area contributed by atoms with Crippen LogP contribution in [0.3, 0.4) is 0 Å². The van der Waals surface area contributed by atoms with Gasteiger partial charge in [-0.3, -0.25) is 4.79 Å². The molecule has 7 heteroatoms. The molecule has 0 radical (unpaired) electrons. The molecule has 160 valence electrons. The quantitative estimate of drug-likeness (QED) is 0.411. The molecule has 1 amide bonds. The van der Waals surface area contributed by atoms with Crippen molar-refractivity contribution >= 4 is 33.0 Å². The fourth-order valence-corrected chi connectivity index (χ4v) is 4.02. The number of aromatic nitrogens is 1. The SMILES string of the molecule is CS(=O)(=O)c1ccc(NC(=O)c2ccc(Cl)c(-c3ccc(-c4ccccc4)cc3)c2)cn1. The minimum absolute atomic E-state index is 0.0526. The van der Waals surface area contributed by atoms with Crippen molar-refractivity contribution in [3.05, 3.63) is 102 Å². The molecule has 0 unspecified atom stereocenters. The molecule has 5 nitrogen and oxygen atoms in total. The van der Waals surface area contributed by atoms with Crippen molar-refractivity contribution in [1.29, 1.82) is 0 Å².